The second kappa shape index (κ2) is 11.8. The lowest BCUT2D eigenvalue weighted by Gasteiger charge is -2.39. The number of likely N-dealkylation sites (tertiary alicyclic amines) is 1. The molecule has 3 aliphatic heterocycles. The maximum Gasteiger partial charge on any atom is 0.251 e. The van der Waals surface area contributed by atoms with Gasteiger partial charge in [-0.1, -0.05) is 64.5 Å². The van der Waals surface area contributed by atoms with Crippen molar-refractivity contribution in [2.24, 2.45) is 11.8 Å². The van der Waals surface area contributed by atoms with Crippen molar-refractivity contribution in [3.63, 3.8) is 0 Å². The van der Waals surface area contributed by atoms with Gasteiger partial charge in [0.2, 0.25) is 11.8 Å². The fourth-order valence-electron chi connectivity index (χ4n) is 7.08. The fourth-order valence-corrected chi connectivity index (χ4v) is 10.7. The molecule has 0 aliphatic carbocycles. The predicted octanol–water partition coefficient (Wildman–Crippen LogP) is 4.50. The first-order valence-electron chi connectivity index (χ1n) is 13.9. The molecule has 3 heterocycles. The third-order valence-electron chi connectivity index (χ3n) is 8.58. The highest BCUT2D eigenvalue weighted by Crippen LogP contribution is 2.68. The van der Waals surface area contributed by atoms with Crippen LogP contribution in [-0.2, 0) is 14.4 Å². The number of alkyl halides is 1. The number of anilines is 2. The largest absolute Gasteiger partial charge is 0.395 e. The third kappa shape index (κ3) is 4.76. The Kier molecular flexibility index (Phi) is 8.51. The standard InChI is InChI=1S/C32H36BrN3O4S/c1-5-15-34(22-13-8-7-9-14-22)29(38)24-25-30(39)36(17-18-37)28(32(25)19-23(33)27(24)41-32)31(40)35(16-6-2)26-20(3)11-10-12-21(26)4/h5-14,23-25,27-28,37H,1-2,15-19H2,3-4H3/t23?,24-,25-,27-,28?,32?/m0/s1. The molecule has 9 heteroatoms. The number of thioether (sulfide) groups is 1. The third-order valence-corrected chi connectivity index (χ3v) is 11.8. The number of aryl methyl sites for hydroxylation is 2. The van der Waals surface area contributed by atoms with Crippen LogP contribution in [0.3, 0.4) is 0 Å². The summed E-state index contributed by atoms with van der Waals surface area (Å²) in [6.07, 6.45) is 3.95. The number of hydrogen-bond donors (Lipinski definition) is 1. The number of benzene rings is 2. The summed E-state index contributed by atoms with van der Waals surface area (Å²) in [5, 5.41) is 9.84. The van der Waals surface area contributed by atoms with Gasteiger partial charge < -0.3 is 19.8 Å². The minimum absolute atomic E-state index is 0.0241. The molecule has 3 saturated heterocycles. The highest BCUT2D eigenvalue weighted by Gasteiger charge is 2.76. The molecule has 2 aromatic rings. The van der Waals surface area contributed by atoms with Crippen LogP contribution in [-0.4, -0.2) is 74.8 Å². The molecular formula is C32H36BrN3O4S. The van der Waals surface area contributed by atoms with E-state index in [4.69, 9.17) is 0 Å². The molecule has 7 nitrogen and oxygen atoms in total. The summed E-state index contributed by atoms with van der Waals surface area (Å²) in [4.78, 5) is 48.2. The Balaban J connectivity index is 1.60. The summed E-state index contributed by atoms with van der Waals surface area (Å²) in [6.45, 7) is 12.0. The average molecular weight is 639 g/mol. The molecule has 1 N–H and O–H groups in total. The van der Waals surface area contributed by atoms with Crippen molar-refractivity contribution in [1.29, 1.82) is 0 Å². The maximum absolute atomic E-state index is 14.7. The molecule has 216 valence electrons. The SMILES string of the molecule is C=CCN(C(=O)[C@H]1[C@H]2C(=O)N(CCO)C(C(=O)N(CC=C)c3c(C)cccc3C)C23CC(Br)[C@@H]1S3)c1ccccc1. The average Bonchev–Trinajstić information content (AvgIpc) is 3.54. The van der Waals surface area contributed by atoms with Gasteiger partial charge in [0, 0.05) is 41.1 Å². The Labute approximate surface area is 254 Å². The van der Waals surface area contributed by atoms with Gasteiger partial charge in [0.05, 0.1) is 23.2 Å². The summed E-state index contributed by atoms with van der Waals surface area (Å²) >= 11 is 5.44. The Bertz CT molecular complexity index is 1350. The van der Waals surface area contributed by atoms with E-state index in [0.29, 0.717) is 13.0 Å². The molecule has 0 aromatic heterocycles. The number of hydrogen-bond acceptors (Lipinski definition) is 5. The number of nitrogens with zero attached hydrogens (tertiary/aromatic N) is 3. The quantitative estimate of drug-likeness (QED) is 0.307. The molecular weight excluding hydrogens is 602 g/mol. The van der Waals surface area contributed by atoms with Crippen LogP contribution in [0.1, 0.15) is 17.5 Å². The number of amides is 3. The number of β-amino-alcohol motifs (C(OH)–C–C–N with tert-alkyl or cyclic N) is 1. The molecule has 3 fully saturated rings. The zero-order valence-corrected chi connectivity index (χ0v) is 25.8. The van der Waals surface area contributed by atoms with Crippen LogP contribution in [0.25, 0.3) is 0 Å². The van der Waals surface area contributed by atoms with Crippen molar-refractivity contribution in [2.75, 3.05) is 36.0 Å². The van der Waals surface area contributed by atoms with E-state index in [2.05, 4.69) is 29.1 Å². The molecule has 3 unspecified atom stereocenters. The zero-order chi connectivity index (χ0) is 29.5. The van der Waals surface area contributed by atoms with E-state index in [9.17, 15) is 19.5 Å². The van der Waals surface area contributed by atoms with Crippen molar-refractivity contribution in [3.05, 3.63) is 85.0 Å². The second-order valence-corrected chi connectivity index (χ2v) is 13.7. The van der Waals surface area contributed by atoms with Crippen LogP contribution in [0, 0.1) is 25.7 Å². The minimum atomic E-state index is -0.830. The lowest BCUT2D eigenvalue weighted by Crippen LogP contribution is -2.56. The van der Waals surface area contributed by atoms with E-state index in [1.54, 1.807) is 33.7 Å². The van der Waals surface area contributed by atoms with Gasteiger partial charge in [0.15, 0.2) is 0 Å². The number of fused-ring (bicyclic) bond motifs is 1. The van der Waals surface area contributed by atoms with Gasteiger partial charge in [-0.2, -0.15) is 0 Å². The van der Waals surface area contributed by atoms with E-state index in [0.717, 1.165) is 22.5 Å². The van der Waals surface area contributed by atoms with Crippen molar-refractivity contribution < 1.29 is 19.5 Å². The van der Waals surface area contributed by atoms with Crippen LogP contribution in [0.4, 0.5) is 11.4 Å². The molecule has 3 aliphatic rings. The number of aliphatic hydroxyl groups is 1. The van der Waals surface area contributed by atoms with Gasteiger partial charge in [-0.05, 0) is 43.5 Å². The van der Waals surface area contributed by atoms with E-state index in [1.807, 2.05) is 62.4 Å². The second-order valence-electron chi connectivity index (χ2n) is 11.0. The van der Waals surface area contributed by atoms with Crippen molar-refractivity contribution in [1.82, 2.24) is 4.90 Å². The normalized spacial score (nSPS) is 28.0. The molecule has 0 saturated carbocycles. The Morgan fingerprint density at radius 3 is 2.29 bits per heavy atom. The molecule has 0 radical (unpaired) electrons. The van der Waals surface area contributed by atoms with Crippen LogP contribution >= 0.6 is 27.7 Å². The number of halogens is 1. The zero-order valence-electron chi connectivity index (χ0n) is 23.4. The summed E-state index contributed by atoms with van der Waals surface area (Å²) in [5.74, 6) is -1.90. The Hall–Kier alpha value is -2.88. The number of rotatable bonds is 10. The molecule has 1 spiro atoms. The van der Waals surface area contributed by atoms with Gasteiger partial charge in [-0.25, -0.2) is 0 Å². The smallest absolute Gasteiger partial charge is 0.251 e. The van der Waals surface area contributed by atoms with E-state index in [1.165, 1.54) is 4.90 Å². The van der Waals surface area contributed by atoms with E-state index >= 15 is 0 Å². The van der Waals surface area contributed by atoms with Crippen molar-refractivity contribution in [2.45, 2.75) is 41.1 Å². The molecule has 41 heavy (non-hydrogen) atoms. The lowest BCUT2D eigenvalue weighted by atomic mass is 9.70. The Morgan fingerprint density at radius 1 is 1.05 bits per heavy atom. The summed E-state index contributed by atoms with van der Waals surface area (Å²) < 4.78 is -0.810. The molecule has 2 bridgehead atoms. The van der Waals surface area contributed by atoms with Crippen molar-refractivity contribution in [3.8, 4) is 0 Å². The molecule has 6 atom stereocenters. The Morgan fingerprint density at radius 2 is 1.68 bits per heavy atom. The molecule has 3 amide bonds. The van der Waals surface area contributed by atoms with Crippen molar-refractivity contribution >= 4 is 56.8 Å². The molecule has 2 aromatic carbocycles. The number of carbonyl (C=O) groups excluding carboxylic acids is 3. The monoisotopic (exact) mass is 637 g/mol. The lowest BCUT2D eigenvalue weighted by molar-refractivity contribution is -0.139. The number of para-hydroxylation sites is 2. The van der Waals surface area contributed by atoms with Crippen LogP contribution < -0.4 is 9.80 Å². The van der Waals surface area contributed by atoms with Gasteiger partial charge in [-0.3, -0.25) is 14.4 Å². The van der Waals surface area contributed by atoms with Gasteiger partial charge >= 0.3 is 0 Å². The molecule has 5 rings (SSSR count). The van der Waals surface area contributed by atoms with Crippen LogP contribution in [0.5, 0.6) is 0 Å². The highest BCUT2D eigenvalue weighted by molar-refractivity contribution is 9.09. The highest BCUT2D eigenvalue weighted by atomic mass is 79.9. The topological polar surface area (TPSA) is 81.2 Å². The first-order valence-corrected chi connectivity index (χ1v) is 15.7. The first-order chi connectivity index (χ1) is 19.7. The predicted molar refractivity (Wildman–Crippen MR) is 168 cm³/mol. The maximum atomic E-state index is 14.7. The minimum Gasteiger partial charge on any atom is -0.395 e. The van der Waals surface area contributed by atoms with Crippen LogP contribution in [0.15, 0.2) is 73.8 Å². The number of carbonyl (C=O) groups is 3. The summed E-state index contributed by atoms with van der Waals surface area (Å²) in [6, 6.07) is 14.5. The van der Waals surface area contributed by atoms with Crippen LogP contribution in [0.2, 0.25) is 0 Å². The number of aliphatic hydroxyl groups excluding tert-OH is 1. The summed E-state index contributed by atoms with van der Waals surface area (Å²) in [7, 11) is 0. The summed E-state index contributed by atoms with van der Waals surface area (Å²) in [5.41, 5.74) is 3.44. The fraction of sp³-hybridized carbons (Fsp3) is 0.406. The van der Waals surface area contributed by atoms with E-state index in [-0.39, 0.29) is 47.5 Å². The first kappa shape index (κ1) is 29.6. The van der Waals surface area contributed by atoms with Gasteiger partial charge in [0.1, 0.15) is 6.04 Å². The van der Waals surface area contributed by atoms with E-state index < -0.39 is 22.6 Å². The van der Waals surface area contributed by atoms with Gasteiger partial charge in [0.25, 0.3) is 5.91 Å². The van der Waals surface area contributed by atoms with Gasteiger partial charge in [-0.15, -0.1) is 24.9 Å².